The number of carbonyl (C=O) groups is 1. The van der Waals surface area contributed by atoms with Crippen LogP contribution < -0.4 is 11.1 Å². The summed E-state index contributed by atoms with van der Waals surface area (Å²) in [4.78, 5) is 25.2. The van der Waals surface area contributed by atoms with Crippen molar-refractivity contribution in [1.29, 1.82) is 0 Å². The number of nitrogens with zero attached hydrogens (tertiary/aromatic N) is 4. The quantitative estimate of drug-likeness (QED) is 0.453. The topological polar surface area (TPSA) is 122 Å². The van der Waals surface area contributed by atoms with E-state index >= 15 is 0 Å². The third-order valence-corrected chi connectivity index (χ3v) is 4.55. The number of benzene rings is 2. The molecule has 0 aliphatic rings. The van der Waals surface area contributed by atoms with Crippen molar-refractivity contribution in [3.63, 3.8) is 0 Å². The number of halogens is 2. The smallest absolute Gasteiger partial charge is 0.251 e. The molecule has 0 aliphatic carbocycles. The van der Waals surface area contributed by atoms with Crippen LogP contribution >= 0.6 is 11.6 Å². The number of nitrogens with two attached hydrogens (primary N) is 1. The number of rotatable bonds is 5. The number of anilines is 1. The van der Waals surface area contributed by atoms with E-state index in [4.69, 9.17) is 17.3 Å². The van der Waals surface area contributed by atoms with E-state index in [9.17, 15) is 9.18 Å². The summed E-state index contributed by atoms with van der Waals surface area (Å²) in [6, 6.07) is 11.1. The van der Waals surface area contributed by atoms with Crippen LogP contribution in [0.25, 0.3) is 22.8 Å². The number of aromatic nitrogens is 5. The molecule has 30 heavy (non-hydrogen) atoms. The summed E-state index contributed by atoms with van der Waals surface area (Å²) in [6.45, 7) is 0.0311. The number of H-pyrrole nitrogens is 1. The minimum Gasteiger partial charge on any atom is -0.382 e. The summed E-state index contributed by atoms with van der Waals surface area (Å²) in [5.74, 6) is -0.242. The van der Waals surface area contributed by atoms with Gasteiger partial charge in [-0.05, 0) is 24.3 Å². The van der Waals surface area contributed by atoms with E-state index in [1.54, 1.807) is 30.3 Å². The third-order valence-electron chi connectivity index (χ3n) is 4.32. The maximum atomic E-state index is 13.9. The van der Waals surface area contributed by atoms with Gasteiger partial charge < -0.3 is 11.1 Å². The van der Waals surface area contributed by atoms with Crippen molar-refractivity contribution in [3.05, 3.63) is 77.0 Å². The van der Waals surface area contributed by atoms with Gasteiger partial charge in [0.1, 0.15) is 17.8 Å². The third kappa shape index (κ3) is 4.11. The molecule has 2 heterocycles. The number of nitrogen functional groups attached to an aromatic ring is 1. The molecule has 4 aromatic rings. The predicted octanol–water partition coefficient (Wildman–Crippen LogP) is 3.23. The van der Waals surface area contributed by atoms with Crippen LogP contribution in [0.3, 0.4) is 0 Å². The summed E-state index contributed by atoms with van der Waals surface area (Å²) < 4.78 is 13.9. The van der Waals surface area contributed by atoms with E-state index in [-0.39, 0.29) is 18.3 Å². The zero-order chi connectivity index (χ0) is 21.1. The van der Waals surface area contributed by atoms with Crippen molar-refractivity contribution in [2.24, 2.45) is 0 Å². The zero-order valence-electron chi connectivity index (χ0n) is 15.4. The van der Waals surface area contributed by atoms with Gasteiger partial charge in [-0.25, -0.2) is 19.3 Å². The summed E-state index contributed by atoms with van der Waals surface area (Å²) in [5, 5.41) is 9.48. The fourth-order valence-corrected chi connectivity index (χ4v) is 2.95. The number of carbonyl (C=O) groups excluding carboxylic acids is 1. The molecule has 0 saturated carbocycles. The molecular formula is C20H15ClFN7O. The molecule has 0 saturated heterocycles. The summed E-state index contributed by atoms with van der Waals surface area (Å²) in [5.41, 5.74) is 8.15. The number of amides is 1. The van der Waals surface area contributed by atoms with E-state index < -0.39 is 5.82 Å². The van der Waals surface area contributed by atoms with Crippen molar-refractivity contribution in [3.8, 4) is 22.8 Å². The lowest BCUT2D eigenvalue weighted by atomic mass is 10.1. The molecule has 4 N–H and O–H groups in total. The summed E-state index contributed by atoms with van der Waals surface area (Å²) >= 11 is 5.75. The first-order valence-electron chi connectivity index (χ1n) is 8.82. The van der Waals surface area contributed by atoms with E-state index in [1.807, 2.05) is 0 Å². The lowest BCUT2D eigenvalue weighted by Crippen LogP contribution is -2.23. The van der Waals surface area contributed by atoms with E-state index in [2.05, 4.69) is 30.5 Å². The second-order valence-electron chi connectivity index (χ2n) is 6.32. The fourth-order valence-electron chi connectivity index (χ4n) is 2.79. The molecule has 0 bridgehead atoms. The van der Waals surface area contributed by atoms with E-state index in [0.29, 0.717) is 38.9 Å². The monoisotopic (exact) mass is 423 g/mol. The van der Waals surface area contributed by atoms with Crippen LogP contribution in [0.4, 0.5) is 10.2 Å². The van der Waals surface area contributed by atoms with Crippen LogP contribution in [0.1, 0.15) is 15.9 Å². The molecule has 0 fully saturated rings. The Morgan fingerprint density at radius 3 is 2.83 bits per heavy atom. The van der Waals surface area contributed by atoms with Crippen molar-refractivity contribution in [2.45, 2.75) is 6.54 Å². The maximum Gasteiger partial charge on any atom is 0.251 e. The first-order chi connectivity index (χ1) is 14.5. The Balaban J connectivity index is 1.55. The Morgan fingerprint density at radius 1 is 1.20 bits per heavy atom. The average molecular weight is 424 g/mol. The number of aromatic amines is 1. The highest BCUT2D eigenvalue weighted by molar-refractivity contribution is 6.30. The zero-order valence-corrected chi connectivity index (χ0v) is 16.2. The van der Waals surface area contributed by atoms with Crippen LogP contribution in [0.15, 0.2) is 55.0 Å². The van der Waals surface area contributed by atoms with Gasteiger partial charge in [-0.2, -0.15) is 5.10 Å². The fraction of sp³-hybridized carbons (Fsp3) is 0.0500. The van der Waals surface area contributed by atoms with Gasteiger partial charge in [0.25, 0.3) is 5.91 Å². The molecule has 0 aliphatic heterocycles. The lowest BCUT2D eigenvalue weighted by molar-refractivity contribution is 0.0950. The maximum absolute atomic E-state index is 13.9. The Hall–Kier alpha value is -3.85. The number of nitrogens with one attached hydrogen (secondary N) is 2. The number of hydrogen-bond acceptors (Lipinski definition) is 6. The van der Waals surface area contributed by atoms with Gasteiger partial charge in [0.05, 0.1) is 11.9 Å². The van der Waals surface area contributed by atoms with Gasteiger partial charge in [-0.3, -0.25) is 9.89 Å². The van der Waals surface area contributed by atoms with Crippen LogP contribution in [-0.4, -0.2) is 31.1 Å². The van der Waals surface area contributed by atoms with Gasteiger partial charge >= 0.3 is 0 Å². The van der Waals surface area contributed by atoms with Crippen molar-refractivity contribution < 1.29 is 9.18 Å². The molecule has 4 rings (SSSR count). The van der Waals surface area contributed by atoms with Gasteiger partial charge in [0.2, 0.25) is 0 Å². The van der Waals surface area contributed by atoms with Crippen LogP contribution in [-0.2, 0) is 6.54 Å². The van der Waals surface area contributed by atoms with Crippen LogP contribution in [0, 0.1) is 5.82 Å². The molecule has 2 aromatic heterocycles. The Kier molecular flexibility index (Phi) is 5.36. The van der Waals surface area contributed by atoms with Crippen molar-refractivity contribution in [1.82, 2.24) is 30.5 Å². The number of hydrogen-bond donors (Lipinski definition) is 3. The highest BCUT2D eigenvalue weighted by Gasteiger charge is 2.13. The molecule has 10 heteroatoms. The van der Waals surface area contributed by atoms with E-state index in [1.165, 1.54) is 24.7 Å². The summed E-state index contributed by atoms with van der Waals surface area (Å²) in [7, 11) is 0. The Morgan fingerprint density at radius 2 is 2.07 bits per heavy atom. The molecule has 0 radical (unpaired) electrons. The predicted molar refractivity (Wildman–Crippen MR) is 110 cm³/mol. The molecule has 0 atom stereocenters. The normalized spacial score (nSPS) is 10.7. The molecule has 1 amide bonds. The van der Waals surface area contributed by atoms with Gasteiger partial charge in [0.15, 0.2) is 11.6 Å². The molecule has 0 unspecified atom stereocenters. The van der Waals surface area contributed by atoms with Gasteiger partial charge in [0, 0.05) is 28.3 Å². The van der Waals surface area contributed by atoms with E-state index in [0.717, 1.165) is 0 Å². The second kappa shape index (κ2) is 8.26. The molecular weight excluding hydrogens is 409 g/mol. The second-order valence-corrected chi connectivity index (χ2v) is 6.76. The summed E-state index contributed by atoms with van der Waals surface area (Å²) in [6.07, 6.45) is 2.85. The standard InChI is InChI=1S/C20H15ClFN7O/c21-14-5-4-13(15(22)7-14)8-25-20(30)12-3-1-2-11(6-12)16-9-24-18(23)17(28-16)19-26-10-27-29-19/h1-7,9-10H,8H2,(H2,23,24)(H,25,30)(H,26,27,29). The molecule has 2 aromatic carbocycles. The first-order valence-corrected chi connectivity index (χ1v) is 9.20. The Labute approximate surface area is 175 Å². The van der Waals surface area contributed by atoms with Gasteiger partial charge in [-0.15, -0.1) is 0 Å². The largest absolute Gasteiger partial charge is 0.382 e. The van der Waals surface area contributed by atoms with Gasteiger partial charge in [-0.1, -0.05) is 29.8 Å². The molecule has 0 spiro atoms. The highest BCUT2D eigenvalue weighted by atomic mass is 35.5. The minimum absolute atomic E-state index is 0.0311. The van der Waals surface area contributed by atoms with Crippen LogP contribution in [0.2, 0.25) is 5.02 Å². The average Bonchev–Trinajstić information content (AvgIpc) is 3.28. The molecule has 150 valence electrons. The minimum atomic E-state index is -0.478. The first kappa shape index (κ1) is 19.5. The molecule has 8 nitrogen and oxygen atoms in total. The van der Waals surface area contributed by atoms with Crippen LogP contribution in [0.5, 0.6) is 0 Å². The highest BCUT2D eigenvalue weighted by Crippen LogP contribution is 2.24. The SMILES string of the molecule is Nc1ncc(-c2cccc(C(=O)NCc3ccc(Cl)cc3F)c2)nc1-c1ncn[nH]1. The van der Waals surface area contributed by atoms with Crippen molar-refractivity contribution in [2.75, 3.05) is 5.73 Å². The lowest BCUT2D eigenvalue weighted by Gasteiger charge is -2.09. The Bertz CT molecular complexity index is 1210. The van der Waals surface area contributed by atoms with Crippen molar-refractivity contribution >= 4 is 23.3 Å².